The molecule has 0 aliphatic carbocycles. The molecule has 0 radical (unpaired) electrons. The van der Waals surface area contributed by atoms with Crippen molar-refractivity contribution >= 4 is 29.0 Å². The number of benzene rings is 2. The van der Waals surface area contributed by atoms with Crippen LogP contribution in [-0.4, -0.2) is 55.7 Å². The highest BCUT2D eigenvalue weighted by atomic mass is 32.1. The van der Waals surface area contributed by atoms with Gasteiger partial charge in [0.1, 0.15) is 12.3 Å². The van der Waals surface area contributed by atoms with Crippen LogP contribution >= 0.6 is 11.3 Å². The summed E-state index contributed by atoms with van der Waals surface area (Å²) in [5.74, 6) is 0.595. The third kappa shape index (κ3) is 8.42. The van der Waals surface area contributed by atoms with Crippen molar-refractivity contribution in [1.29, 1.82) is 0 Å². The Bertz CT molecular complexity index is 1070. The number of anilines is 1. The minimum Gasteiger partial charge on any atom is -0.497 e. The topological polar surface area (TPSA) is 71.1 Å². The van der Waals surface area contributed by atoms with Gasteiger partial charge in [-0.2, -0.15) is 0 Å². The number of carbonyl (C=O) groups excluding carboxylic acids is 2. The summed E-state index contributed by atoms with van der Waals surface area (Å²) in [4.78, 5) is 32.3. The van der Waals surface area contributed by atoms with Gasteiger partial charge >= 0.3 is 6.03 Å². The van der Waals surface area contributed by atoms with E-state index in [4.69, 9.17) is 9.47 Å². The number of urea groups is 1. The van der Waals surface area contributed by atoms with E-state index in [0.717, 1.165) is 10.4 Å². The molecule has 186 valence electrons. The summed E-state index contributed by atoms with van der Waals surface area (Å²) in [5, 5.41) is 2.89. The Kier molecular flexibility index (Phi) is 10.1. The van der Waals surface area contributed by atoms with Gasteiger partial charge in [-0.05, 0) is 55.3 Å². The van der Waals surface area contributed by atoms with Gasteiger partial charge in [-0.1, -0.05) is 30.3 Å². The number of ether oxygens (including phenoxy) is 2. The van der Waals surface area contributed by atoms with Gasteiger partial charge in [-0.3, -0.25) is 4.79 Å². The van der Waals surface area contributed by atoms with Crippen molar-refractivity contribution in [3.05, 3.63) is 82.0 Å². The summed E-state index contributed by atoms with van der Waals surface area (Å²) >= 11 is 1.68. The molecule has 0 fully saturated rings. The highest BCUT2D eigenvalue weighted by molar-refractivity contribution is 7.11. The zero-order valence-electron chi connectivity index (χ0n) is 20.5. The summed E-state index contributed by atoms with van der Waals surface area (Å²) in [5.41, 5.74) is 1.68. The van der Waals surface area contributed by atoms with E-state index in [2.05, 4.69) is 24.4 Å². The minimum absolute atomic E-state index is 0.0249. The molecule has 3 aromatic rings. The Hall–Kier alpha value is -3.36. The smallest absolute Gasteiger partial charge is 0.322 e. The molecule has 3 amide bonds. The second kappa shape index (κ2) is 13.5. The molecule has 8 heteroatoms. The fourth-order valence-corrected chi connectivity index (χ4v) is 4.49. The molecule has 0 aliphatic heterocycles. The zero-order valence-corrected chi connectivity index (χ0v) is 21.3. The Morgan fingerprint density at radius 2 is 1.66 bits per heavy atom. The first-order chi connectivity index (χ1) is 17.0. The molecule has 0 unspecified atom stereocenters. The van der Waals surface area contributed by atoms with Crippen LogP contribution in [0.25, 0.3) is 0 Å². The number of nitrogens with zero attached hydrogens (tertiary/aromatic N) is 2. The Labute approximate surface area is 211 Å². The van der Waals surface area contributed by atoms with Crippen LogP contribution in [0.1, 0.15) is 21.7 Å². The summed E-state index contributed by atoms with van der Waals surface area (Å²) in [6.07, 6.45) is 0.628. The lowest BCUT2D eigenvalue weighted by molar-refractivity contribution is -0.133. The van der Waals surface area contributed by atoms with Gasteiger partial charge in [0.25, 0.3) is 0 Å². The average Bonchev–Trinajstić information content (AvgIpc) is 3.28. The van der Waals surface area contributed by atoms with Crippen molar-refractivity contribution in [2.24, 2.45) is 0 Å². The van der Waals surface area contributed by atoms with Crippen LogP contribution in [0, 0.1) is 6.92 Å². The van der Waals surface area contributed by atoms with Crippen LogP contribution in [0.4, 0.5) is 10.5 Å². The van der Waals surface area contributed by atoms with Gasteiger partial charge in [0.15, 0.2) is 0 Å². The van der Waals surface area contributed by atoms with E-state index < -0.39 is 0 Å². The van der Waals surface area contributed by atoms with Crippen molar-refractivity contribution in [1.82, 2.24) is 9.80 Å². The predicted octanol–water partition coefficient (Wildman–Crippen LogP) is 5.16. The number of thiophene rings is 1. The highest BCUT2D eigenvalue weighted by Gasteiger charge is 2.22. The second-order valence-electron chi connectivity index (χ2n) is 8.17. The van der Waals surface area contributed by atoms with Gasteiger partial charge in [-0.25, -0.2) is 4.79 Å². The van der Waals surface area contributed by atoms with Gasteiger partial charge in [0, 0.05) is 42.2 Å². The molecule has 35 heavy (non-hydrogen) atoms. The number of hydrogen-bond acceptors (Lipinski definition) is 5. The van der Waals surface area contributed by atoms with E-state index >= 15 is 0 Å². The maximum atomic E-state index is 13.5. The van der Waals surface area contributed by atoms with Crippen LogP contribution in [0.3, 0.4) is 0 Å². The molecule has 0 aliphatic rings. The Morgan fingerprint density at radius 1 is 0.914 bits per heavy atom. The molecule has 0 saturated heterocycles. The fraction of sp³-hybridized carbons (Fsp3) is 0.333. The third-order valence-corrected chi connectivity index (χ3v) is 6.43. The highest BCUT2D eigenvalue weighted by Crippen LogP contribution is 2.20. The van der Waals surface area contributed by atoms with Gasteiger partial charge in [-0.15, -0.1) is 11.3 Å². The summed E-state index contributed by atoms with van der Waals surface area (Å²) in [6.45, 7) is 3.91. The van der Waals surface area contributed by atoms with E-state index in [-0.39, 0.29) is 18.5 Å². The summed E-state index contributed by atoms with van der Waals surface area (Å²) in [6, 6.07) is 20.8. The Balaban J connectivity index is 1.74. The normalized spacial score (nSPS) is 10.6. The summed E-state index contributed by atoms with van der Waals surface area (Å²) in [7, 11) is 3.22. The number of aryl methyl sites for hydroxylation is 1. The molecule has 3 rings (SSSR count). The molecule has 0 spiro atoms. The SMILES string of the molecule is COCCCN(CC(=O)N(Cc1ccccc1)Cc1ccc(C)s1)C(=O)Nc1ccc(OC)cc1. The number of nitrogens with one attached hydrogen (secondary N) is 1. The largest absolute Gasteiger partial charge is 0.497 e. The van der Waals surface area contributed by atoms with E-state index in [9.17, 15) is 9.59 Å². The van der Waals surface area contributed by atoms with Gasteiger partial charge < -0.3 is 24.6 Å². The lowest BCUT2D eigenvalue weighted by atomic mass is 10.2. The van der Waals surface area contributed by atoms with Crippen molar-refractivity contribution in [3.63, 3.8) is 0 Å². The molecule has 0 saturated carbocycles. The number of methoxy groups -OCH3 is 2. The van der Waals surface area contributed by atoms with Crippen LogP contribution < -0.4 is 10.1 Å². The lowest BCUT2D eigenvalue weighted by Crippen LogP contribution is -2.44. The summed E-state index contributed by atoms with van der Waals surface area (Å²) < 4.78 is 10.3. The van der Waals surface area contributed by atoms with E-state index in [1.807, 2.05) is 35.2 Å². The Morgan fingerprint density at radius 3 is 2.29 bits per heavy atom. The zero-order chi connectivity index (χ0) is 25.0. The van der Waals surface area contributed by atoms with Crippen LogP contribution in [0.5, 0.6) is 5.75 Å². The molecular formula is C27H33N3O4S. The maximum Gasteiger partial charge on any atom is 0.322 e. The molecule has 0 atom stereocenters. The van der Waals surface area contributed by atoms with Crippen molar-refractivity contribution in [2.75, 3.05) is 39.2 Å². The molecule has 1 aromatic heterocycles. The third-order valence-electron chi connectivity index (χ3n) is 5.44. The number of hydrogen-bond donors (Lipinski definition) is 1. The van der Waals surface area contributed by atoms with Gasteiger partial charge in [0.05, 0.1) is 13.7 Å². The molecule has 1 N–H and O–H groups in total. The fourth-order valence-electron chi connectivity index (χ4n) is 3.59. The van der Waals surface area contributed by atoms with E-state index in [0.29, 0.717) is 44.1 Å². The number of carbonyl (C=O) groups is 2. The first kappa shape index (κ1) is 26.2. The quantitative estimate of drug-likeness (QED) is 0.352. The number of amides is 3. The van der Waals surface area contributed by atoms with Crippen LogP contribution in [0.2, 0.25) is 0 Å². The van der Waals surface area contributed by atoms with E-state index in [1.165, 1.54) is 4.88 Å². The molecular weight excluding hydrogens is 462 g/mol. The first-order valence-electron chi connectivity index (χ1n) is 11.5. The van der Waals surface area contributed by atoms with E-state index in [1.54, 1.807) is 54.7 Å². The van der Waals surface area contributed by atoms with Crippen molar-refractivity contribution in [3.8, 4) is 5.75 Å². The molecule has 0 bridgehead atoms. The average molecular weight is 496 g/mol. The first-order valence-corrected chi connectivity index (χ1v) is 12.4. The maximum absolute atomic E-state index is 13.5. The van der Waals surface area contributed by atoms with Crippen LogP contribution in [-0.2, 0) is 22.6 Å². The lowest BCUT2D eigenvalue weighted by Gasteiger charge is -2.28. The van der Waals surface area contributed by atoms with Crippen LogP contribution in [0.15, 0.2) is 66.7 Å². The second-order valence-corrected chi connectivity index (χ2v) is 9.55. The van der Waals surface area contributed by atoms with Crippen molar-refractivity contribution in [2.45, 2.75) is 26.4 Å². The molecule has 1 heterocycles. The monoisotopic (exact) mass is 495 g/mol. The standard InChI is InChI=1S/C27H33N3O4S/c1-21-10-15-25(35-21)19-30(18-22-8-5-4-6-9-22)26(31)20-29(16-7-17-33-2)27(32)28-23-11-13-24(34-3)14-12-23/h4-6,8-15H,7,16-20H2,1-3H3,(H,28,32). The molecule has 2 aromatic carbocycles. The minimum atomic E-state index is -0.328. The number of rotatable bonds is 12. The molecule has 7 nitrogen and oxygen atoms in total. The van der Waals surface area contributed by atoms with Crippen molar-refractivity contribution < 1.29 is 19.1 Å². The van der Waals surface area contributed by atoms with Gasteiger partial charge in [0.2, 0.25) is 5.91 Å². The predicted molar refractivity (Wildman–Crippen MR) is 140 cm³/mol.